The van der Waals surface area contributed by atoms with Gasteiger partial charge >= 0.3 is 11.5 Å². The molecule has 0 aromatic heterocycles. The first-order chi connectivity index (χ1) is 5.24. The van der Waals surface area contributed by atoms with E-state index in [-0.39, 0.29) is 38.3 Å². The van der Waals surface area contributed by atoms with Gasteiger partial charge in [-0.3, -0.25) is 0 Å². The summed E-state index contributed by atoms with van der Waals surface area (Å²) in [6.45, 7) is 0.546. The first-order valence-electron chi connectivity index (χ1n) is 3.45. The van der Waals surface area contributed by atoms with Gasteiger partial charge in [0.05, 0.1) is 0 Å². The van der Waals surface area contributed by atoms with E-state index in [0.29, 0.717) is 13.0 Å². The van der Waals surface area contributed by atoms with E-state index >= 15 is 0 Å². The normalized spacial score (nSPS) is 8.38. The average molecular weight is 201 g/mol. The number of hydrogen-bond donors (Lipinski definition) is 3. The summed E-state index contributed by atoms with van der Waals surface area (Å²) in [5.74, 6) is -0.179. The molecule has 0 aliphatic carbocycles. The van der Waals surface area contributed by atoms with Crippen LogP contribution in [0.3, 0.4) is 0 Å². The summed E-state index contributed by atoms with van der Waals surface area (Å²) in [5.41, 5.74) is 6.24. The van der Waals surface area contributed by atoms with Crippen molar-refractivity contribution in [3.05, 3.63) is 23.8 Å². The Morgan fingerprint density at radius 3 is 2.38 bits per heavy atom. The Kier molecular flexibility index (Phi) is 7.63. The van der Waals surface area contributed by atoms with E-state index in [1.165, 1.54) is 12.1 Å². The molecular weight excluding hydrogens is 187 g/mol. The number of nitrogens with two attached hydrogens (primary N) is 1. The van der Waals surface area contributed by atoms with Gasteiger partial charge in [0.25, 0.3) is 0 Å². The minimum absolute atomic E-state index is 0. The fourth-order valence-electron chi connectivity index (χ4n) is 0.891. The molecule has 0 unspecified atom stereocenters. The molecule has 0 amide bonds. The quantitative estimate of drug-likeness (QED) is 0.367. The van der Waals surface area contributed by atoms with Crippen LogP contribution in [0, 0.1) is 0 Å². The number of phenols is 2. The van der Waals surface area contributed by atoms with Gasteiger partial charge in [0.1, 0.15) is 0 Å². The fraction of sp³-hybridized carbons (Fsp3) is 0.250. The zero-order chi connectivity index (χ0) is 8.27. The summed E-state index contributed by atoms with van der Waals surface area (Å²) in [6, 6.07) is 4.71. The van der Waals surface area contributed by atoms with Gasteiger partial charge in [0, 0.05) is 0 Å². The molecule has 0 aliphatic rings. The largest absolute Gasteiger partial charge is 2.00 e. The SMILES string of the molecule is NCCc1ccc(O)c(O)c1.[Be+2].[Cl-].[H+].[H-].[H-]. The van der Waals surface area contributed by atoms with Crippen molar-refractivity contribution in [3.8, 4) is 11.5 Å². The van der Waals surface area contributed by atoms with Gasteiger partial charge in [-0.1, -0.05) is 6.07 Å². The fourth-order valence-corrected chi connectivity index (χ4v) is 0.891. The number of aromatic hydroxyl groups is 2. The van der Waals surface area contributed by atoms with Crippen LogP contribution in [0.1, 0.15) is 9.84 Å². The van der Waals surface area contributed by atoms with Crippen molar-refractivity contribution in [1.82, 2.24) is 0 Å². The summed E-state index contributed by atoms with van der Waals surface area (Å²) in [5, 5.41) is 18.0. The molecule has 0 bridgehead atoms. The molecule has 72 valence electrons. The average Bonchev–Trinajstić information content (AvgIpc) is 1.98. The third kappa shape index (κ3) is 4.13. The number of halogens is 1. The smallest absolute Gasteiger partial charge is 1.00 e. The monoisotopic (exact) mass is 200 g/mol. The molecule has 1 aromatic rings. The van der Waals surface area contributed by atoms with Crippen LogP contribution in [0.15, 0.2) is 18.2 Å². The molecule has 0 aliphatic heterocycles. The predicted molar refractivity (Wildman–Crippen MR) is 51.6 cm³/mol. The maximum atomic E-state index is 9.04. The Hall–Kier alpha value is -0.761. The van der Waals surface area contributed by atoms with Gasteiger partial charge in [-0.2, -0.15) is 0 Å². The first-order valence-corrected chi connectivity index (χ1v) is 3.45. The minimum Gasteiger partial charge on any atom is -1.00 e. The molecule has 1 rings (SSSR count). The standard InChI is InChI=1S/C8H11NO2.Be.ClH.2H/c9-4-3-6-1-2-7(10)8(11)5-6;;;;/h1-2,5,10-11H,3-4,9H2;;1H;;/q;+2;;2*-1. The molecule has 4 N–H and O–H groups in total. The van der Waals surface area contributed by atoms with E-state index in [4.69, 9.17) is 15.9 Å². The van der Waals surface area contributed by atoms with Crippen molar-refractivity contribution in [2.45, 2.75) is 6.42 Å². The number of phenolic OH excluding ortho intramolecular Hbond substituents is 2. The predicted octanol–water partition coefficient (Wildman–Crippen LogP) is -2.44. The molecule has 0 radical (unpaired) electrons. The van der Waals surface area contributed by atoms with Gasteiger partial charge in [0.15, 0.2) is 11.5 Å². The number of hydrogen-bond acceptors (Lipinski definition) is 3. The summed E-state index contributed by atoms with van der Waals surface area (Å²) in [4.78, 5) is 0. The summed E-state index contributed by atoms with van der Waals surface area (Å²) in [6.07, 6.45) is 0.716. The van der Waals surface area contributed by atoms with Crippen molar-refractivity contribution in [3.63, 3.8) is 0 Å². The second-order valence-electron chi connectivity index (χ2n) is 2.36. The Labute approximate surface area is 91.7 Å². The van der Waals surface area contributed by atoms with E-state index in [0.717, 1.165) is 5.56 Å². The first kappa shape index (κ1) is 14.7. The second kappa shape index (κ2) is 6.72. The molecule has 0 spiro atoms. The number of benzene rings is 1. The van der Waals surface area contributed by atoms with Gasteiger partial charge in [-0.15, -0.1) is 0 Å². The topological polar surface area (TPSA) is 66.5 Å². The van der Waals surface area contributed by atoms with Crippen LogP contribution in [-0.2, 0) is 6.42 Å². The van der Waals surface area contributed by atoms with E-state index in [9.17, 15) is 0 Å². The zero-order valence-electron chi connectivity index (χ0n) is 10.2. The Morgan fingerprint density at radius 2 is 1.92 bits per heavy atom. The van der Waals surface area contributed by atoms with Crippen LogP contribution in [0.5, 0.6) is 11.5 Å². The van der Waals surface area contributed by atoms with Crippen molar-refractivity contribution in [1.29, 1.82) is 0 Å². The van der Waals surface area contributed by atoms with Crippen molar-refractivity contribution >= 4 is 10.1 Å². The summed E-state index contributed by atoms with van der Waals surface area (Å²) in [7, 11) is 0. The summed E-state index contributed by atoms with van der Waals surface area (Å²) < 4.78 is 0. The maximum absolute atomic E-state index is 9.04. The zero-order valence-corrected chi connectivity index (χ0v) is 7.96. The van der Waals surface area contributed by atoms with Gasteiger partial charge in [-0.05, 0) is 30.7 Å². The third-order valence-electron chi connectivity index (χ3n) is 1.47. The molecule has 0 saturated carbocycles. The molecule has 13 heavy (non-hydrogen) atoms. The maximum Gasteiger partial charge on any atom is 2.00 e. The second-order valence-corrected chi connectivity index (χ2v) is 2.36. The van der Waals surface area contributed by atoms with Crippen molar-refractivity contribution < 1.29 is 26.9 Å². The van der Waals surface area contributed by atoms with E-state index in [1.807, 2.05) is 0 Å². The van der Waals surface area contributed by atoms with E-state index in [1.54, 1.807) is 6.07 Å². The molecule has 5 heteroatoms. The van der Waals surface area contributed by atoms with Gasteiger partial charge in [-0.25, -0.2) is 0 Å². The molecule has 0 atom stereocenters. The van der Waals surface area contributed by atoms with E-state index in [2.05, 4.69) is 0 Å². The summed E-state index contributed by atoms with van der Waals surface area (Å²) >= 11 is 0. The van der Waals surface area contributed by atoms with Crippen LogP contribution in [0.4, 0.5) is 0 Å². The third-order valence-corrected chi connectivity index (χ3v) is 1.47. The van der Waals surface area contributed by atoms with Crippen LogP contribution in [0.25, 0.3) is 0 Å². The number of rotatable bonds is 2. The van der Waals surface area contributed by atoms with Crippen LogP contribution >= 0.6 is 0 Å². The van der Waals surface area contributed by atoms with Crippen molar-refractivity contribution in [2.24, 2.45) is 5.73 Å². The Balaban J connectivity index is -0.0000000807. The molecule has 0 saturated heterocycles. The molecule has 0 fully saturated rings. The van der Waals surface area contributed by atoms with Crippen LogP contribution < -0.4 is 18.1 Å². The van der Waals surface area contributed by atoms with Gasteiger partial charge < -0.3 is 31.2 Å². The Morgan fingerprint density at radius 1 is 1.31 bits per heavy atom. The van der Waals surface area contributed by atoms with Crippen LogP contribution in [-0.4, -0.2) is 26.9 Å². The van der Waals surface area contributed by atoms with Crippen molar-refractivity contribution in [2.75, 3.05) is 6.54 Å². The van der Waals surface area contributed by atoms with E-state index < -0.39 is 0 Å². The molecular formula is C8H14BeClNO2. The minimum atomic E-state index is -0.0919. The van der Waals surface area contributed by atoms with Gasteiger partial charge in [0.2, 0.25) is 0 Å². The molecule has 1 aromatic carbocycles. The van der Waals surface area contributed by atoms with Crippen LogP contribution in [0.2, 0.25) is 0 Å². The molecule has 0 heterocycles. The molecule has 3 nitrogen and oxygen atoms in total. The Bertz CT molecular complexity index is 269.